The summed E-state index contributed by atoms with van der Waals surface area (Å²) in [7, 11) is 0. The predicted molar refractivity (Wildman–Crippen MR) is 91.9 cm³/mol. The number of nitrogens with zero attached hydrogens (tertiary/aromatic N) is 2. The van der Waals surface area contributed by atoms with Gasteiger partial charge in [-0.15, -0.1) is 11.8 Å². The fraction of sp³-hybridized carbons (Fsp3) is 0.688. The van der Waals surface area contributed by atoms with Crippen molar-refractivity contribution in [2.45, 2.75) is 45.4 Å². The minimum Gasteiger partial charge on any atom is -0.450 e. The van der Waals surface area contributed by atoms with E-state index in [1.807, 2.05) is 13.8 Å². The Morgan fingerprint density at radius 3 is 2.67 bits per heavy atom. The van der Waals surface area contributed by atoms with Crippen LogP contribution in [0.3, 0.4) is 0 Å². The van der Waals surface area contributed by atoms with Crippen molar-refractivity contribution in [3.05, 3.63) is 17.0 Å². The van der Waals surface area contributed by atoms with Gasteiger partial charge in [0.05, 0.1) is 18.1 Å². The number of hydrogen-bond donors (Lipinski definition) is 1. The lowest BCUT2D eigenvalue weighted by Gasteiger charge is -2.31. The molecule has 0 saturated carbocycles. The molecule has 1 aromatic rings. The van der Waals surface area contributed by atoms with Gasteiger partial charge in [-0.2, -0.15) is 0 Å². The van der Waals surface area contributed by atoms with Gasteiger partial charge in [0.2, 0.25) is 5.91 Å². The van der Waals surface area contributed by atoms with Crippen LogP contribution in [-0.2, 0) is 15.3 Å². The van der Waals surface area contributed by atoms with E-state index in [4.69, 9.17) is 9.26 Å². The maximum atomic E-state index is 12.1. The molecular weight excluding hydrogens is 330 g/mol. The fourth-order valence-electron chi connectivity index (χ4n) is 2.64. The molecule has 1 aliphatic rings. The Morgan fingerprint density at radius 2 is 2.08 bits per heavy atom. The summed E-state index contributed by atoms with van der Waals surface area (Å²) in [6, 6.07) is 0.128. The second-order valence-corrected chi connectivity index (χ2v) is 6.81. The predicted octanol–water partition coefficient (Wildman–Crippen LogP) is 2.26. The van der Waals surface area contributed by atoms with Gasteiger partial charge in [0.1, 0.15) is 5.76 Å². The summed E-state index contributed by atoms with van der Waals surface area (Å²) in [6.45, 7) is 7.21. The first-order chi connectivity index (χ1) is 11.5. The van der Waals surface area contributed by atoms with E-state index in [-0.39, 0.29) is 18.0 Å². The van der Waals surface area contributed by atoms with Gasteiger partial charge in [-0.3, -0.25) is 4.79 Å². The third kappa shape index (κ3) is 5.15. The van der Waals surface area contributed by atoms with Gasteiger partial charge in [-0.1, -0.05) is 5.16 Å². The van der Waals surface area contributed by atoms with E-state index < -0.39 is 0 Å². The maximum Gasteiger partial charge on any atom is 0.409 e. The summed E-state index contributed by atoms with van der Waals surface area (Å²) in [4.78, 5) is 25.4. The smallest absolute Gasteiger partial charge is 0.409 e. The van der Waals surface area contributed by atoms with Crippen LogP contribution in [0.15, 0.2) is 4.52 Å². The lowest BCUT2D eigenvalue weighted by atomic mass is 10.1. The Kier molecular flexibility index (Phi) is 6.96. The van der Waals surface area contributed by atoms with Crippen molar-refractivity contribution in [2.75, 3.05) is 25.4 Å². The summed E-state index contributed by atoms with van der Waals surface area (Å²) in [5, 5.41) is 6.95. The van der Waals surface area contributed by atoms with E-state index in [1.165, 1.54) is 0 Å². The van der Waals surface area contributed by atoms with Crippen molar-refractivity contribution < 1.29 is 18.8 Å². The number of aryl methyl sites for hydroxylation is 2. The molecule has 2 heterocycles. The summed E-state index contributed by atoms with van der Waals surface area (Å²) in [5.41, 5.74) is 1.95. The molecule has 1 saturated heterocycles. The zero-order valence-corrected chi connectivity index (χ0v) is 15.3. The molecule has 0 unspecified atom stereocenters. The highest BCUT2D eigenvalue weighted by Gasteiger charge is 2.24. The van der Waals surface area contributed by atoms with Gasteiger partial charge in [-0.25, -0.2) is 4.79 Å². The largest absolute Gasteiger partial charge is 0.450 e. The average molecular weight is 355 g/mol. The number of ether oxygens (including phenoxy) is 1. The molecule has 7 nitrogen and oxygen atoms in total. The van der Waals surface area contributed by atoms with Crippen LogP contribution in [0.2, 0.25) is 0 Å². The summed E-state index contributed by atoms with van der Waals surface area (Å²) >= 11 is 1.55. The van der Waals surface area contributed by atoms with Crippen molar-refractivity contribution in [3.63, 3.8) is 0 Å². The van der Waals surface area contributed by atoms with Gasteiger partial charge in [0.15, 0.2) is 0 Å². The van der Waals surface area contributed by atoms with E-state index in [9.17, 15) is 9.59 Å². The minimum absolute atomic E-state index is 0.0290. The van der Waals surface area contributed by atoms with Crippen molar-refractivity contribution in [2.24, 2.45) is 0 Å². The van der Waals surface area contributed by atoms with Gasteiger partial charge in [-0.05, 0) is 33.6 Å². The lowest BCUT2D eigenvalue weighted by Crippen LogP contribution is -2.47. The lowest BCUT2D eigenvalue weighted by molar-refractivity contribution is -0.119. The van der Waals surface area contributed by atoms with E-state index in [0.29, 0.717) is 25.4 Å². The van der Waals surface area contributed by atoms with Crippen molar-refractivity contribution in [1.82, 2.24) is 15.4 Å². The molecular formula is C16H25N3O4S. The zero-order chi connectivity index (χ0) is 17.5. The van der Waals surface area contributed by atoms with Gasteiger partial charge < -0.3 is 19.5 Å². The monoisotopic (exact) mass is 355 g/mol. The number of likely N-dealkylation sites (tertiary alicyclic amines) is 1. The molecule has 2 rings (SSSR count). The van der Waals surface area contributed by atoms with Gasteiger partial charge in [0, 0.05) is 30.4 Å². The Balaban J connectivity index is 1.66. The Labute approximate surface area is 146 Å². The van der Waals surface area contributed by atoms with Crippen molar-refractivity contribution >= 4 is 23.8 Å². The molecule has 1 aliphatic heterocycles. The molecule has 1 N–H and O–H groups in total. The molecule has 0 bridgehead atoms. The normalized spacial score (nSPS) is 15.4. The highest BCUT2D eigenvalue weighted by molar-refractivity contribution is 7.99. The van der Waals surface area contributed by atoms with Crippen molar-refractivity contribution in [3.8, 4) is 0 Å². The molecule has 0 aromatic carbocycles. The summed E-state index contributed by atoms with van der Waals surface area (Å²) in [6.07, 6.45) is 1.26. The van der Waals surface area contributed by atoms with Crippen LogP contribution < -0.4 is 5.32 Å². The van der Waals surface area contributed by atoms with Crippen molar-refractivity contribution in [1.29, 1.82) is 0 Å². The molecule has 2 amide bonds. The Hall–Kier alpha value is -1.70. The van der Waals surface area contributed by atoms with Crippen LogP contribution in [0.5, 0.6) is 0 Å². The SMILES string of the molecule is CCOC(=O)N1CCC(NC(=O)CSCc2c(C)noc2C)CC1. The van der Waals surface area contributed by atoms with Gasteiger partial charge in [0.25, 0.3) is 0 Å². The number of nitrogens with one attached hydrogen (secondary N) is 1. The number of hydrogen-bond acceptors (Lipinski definition) is 6. The second-order valence-electron chi connectivity index (χ2n) is 5.82. The molecule has 1 aromatic heterocycles. The molecule has 0 radical (unpaired) electrons. The number of amides is 2. The third-order valence-electron chi connectivity index (χ3n) is 4.05. The van der Waals surface area contributed by atoms with E-state index in [1.54, 1.807) is 23.6 Å². The molecule has 1 fully saturated rings. The first-order valence-corrected chi connectivity index (χ1v) is 9.37. The third-order valence-corrected chi connectivity index (χ3v) is 5.01. The first kappa shape index (κ1) is 18.6. The summed E-state index contributed by atoms with van der Waals surface area (Å²) < 4.78 is 10.1. The maximum absolute atomic E-state index is 12.1. The number of rotatable bonds is 6. The van der Waals surface area contributed by atoms with Crippen LogP contribution >= 0.6 is 11.8 Å². The van der Waals surface area contributed by atoms with E-state index in [2.05, 4.69) is 10.5 Å². The highest BCUT2D eigenvalue weighted by atomic mass is 32.2. The molecule has 134 valence electrons. The molecule has 0 spiro atoms. The van der Waals surface area contributed by atoms with Crippen LogP contribution in [0.1, 0.15) is 36.8 Å². The standard InChI is InChI=1S/C16H25N3O4S/c1-4-22-16(21)19-7-5-13(6-8-19)17-15(20)10-24-9-14-11(2)18-23-12(14)3/h13H,4-10H2,1-3H3,(H,17,20). The van der Waals surface area contributed by atoms with Crippen LogP contribution in [0, 0.1) is 13.8 Å². The highest BCUT2D eigenvalue weighted by Crippen LogP contribution is 2.19. The number of aromatic nitrogens is 1. The fourth-order valence-corrected chi connectivity index (χ4v) is 3.63. The number of piperidine rings is 1. The average Bonchev–Trinajstić information content (AvgIpc) is 2.87. The molecule has 0 atom stereocenters. The second kappa shape index (κ2) is 8.96. The minimum atomic E-state index is -0.266. The van der Waals surface area contributed by atoms with Crippen LogP contribution in [-0.4, -0.2) is 53.5 Å². The number of thioether (sulfide) groups is 1. The summed E-state index contributed by atoms with van der Waals surface area (Å²) in [5.74, 6) is 1.96. The number of carbonyl (C=O) groups is 2. The van der Waals surface area contributed by atoms with E-state index in [0.717, 1.165) is 35.6 Å². The molecule has 24 heavy (non-hydrogen) atoms. The van der Waals surface area contributed by atoms with Gasteiger partial charge >= 0.3 is 6.09 Å². The van der Waals surface area contributed by atoms with Crippen LogP contribution in [0.25, 0.3) is 0 Å². The zero-order valence-electron chi connectivity index (χ0n) is 14.5. The Morgan fingerprint density at radius 1 is 1.38 bits per heavy atom. The topological polar surface area (TPSA) is 84.7 Å². The molecule has 8 heteroatoms. The number of carbonyl (C=O) groups excluding carboxylic acids is 2. The molecule has 0 aliphatic carbocycles. The first-order valence-electron chi connectivity index (χ1n) is 8.21. The Bertz CT molecular complexity index is 548. The van der Waals surface area contributed by atoms with Crippen LogP contribution in [0.4, 0.5) is 4.79 Å². The quantitative estimate of drug-likeness (QED) is 0.842. The van der Waals surface area contributed by atoms with E-state index >= 15 is 0 Å².